The van der Waals surface area contributed by atoms with Gasteiger partial charge in [0.2, 0.25) is 15.9 Å². The molecule has 9 heteroatoms. The number of benzene rings is 2. The van der Waals surface area contributed by atoms with Gasteiger partial charge in [0.1, 0.15) is 16.5 Å². The molecule has 0 N–H and O–H groups in total. The molecular weight excluding hydrogens is 457 g/mol. The molecule has 0 bridgehead atoms. The van der Waals surface area contributed by atoms with Crippen LogP contribution in [0.15, 0.2) is 59.5 Å². The monoisotopic (exact) mass is 489 g/mol. The van der Waals surface area contributed by atoms with Crippen LogP contribution in [0.3, 0.4) is 0 Å². The number of likely N-dealkylation sites (N-methyl/N-ethyl adjacent to an activating group) is 1. The molecule has 34 heavy (non-hydrogen) atoms. The second kappa shape index (κ2) is 10.4. The van der Waals surface area contributed by atoms with Gasteiger partial charge in [0.15, 0.2) is 0 Å². The standard InChI is InChI=1S/C25H32FN3O4S/c1-27-14-16-28(17-15-27)24(30)18-25(20-33-21-8-3-2-4-9-21)12-7-13-29(19-25)34(31,32)23-11-6-5-10-22(23)26/h2-6,8-11H,7,12-20H2,1H3/t25-/m0/s1. The molecule has 1 amide bonds. The van der Waals surface area contributed by atoms with Crippen LogP contribution in [0, 0.1) is 11.2 Å². The van der Waals surface area contributed by atoms with Crippen molar-refractivity contribution < 1.29 is 22.3 Å². The predicted octanol–water partition coefficient (Wildman–Crippen LogP) is 2.84. The highest BCUT2D eigenvalue weighted by Gasteiger charge is 2.43. The summed E-state index contributed by atoms with van der Waals surface area (Å²) in [5, 5.41) is 0. The highest BCUT2D eigenvalue weighted by molar-refractivity contribution is 7.89. The van der Waals surface area contributed by atoms with Crippen molar-refractivity contribution in [3.05, 3.63) is 60.4 Å². The number of halogens is 1. The lowest BCUT2D eigenvalue weighted by Gasteiger charge is -2.43. The number of piperazine rings is 1. The van der Waals surface area contributed by atoms with E-state index >= 15 is 0 Å². The summed E-state index contributed by atoms with van der Waals surface area (Å²) in [6.45, 7) is 3.53. The zero-order valence-corrected chi connectivity index (χ0v) is 20.3. The number of para-hydroxylation sites is 1. The summed E-state index contributed by atoms with van der Waals surface area (Å²) in [6, 6.07) is 14.7. The van der Waals surface area contributed by atoms with Gasteiger partial charge in [-0.1, -0.05) is 30.3 Å². The molecule has 0 unspecified atom stereocenters. The van der Waals surface area contributed by atoms with Crippen LogP contribution in [0.2, 0.25) is 0 Å². The Morgan fingerprint density at radius 3 is 2.38 bits per heavy atom. The number of nitrogens with zero attached hydrogens (tertiary/aromatic N) is 3. The minimum Gasteiger partial charge on any atom is -0.493 e. The molecule has 0 aromatic heterocycles. The smallest absolute Gasteiger partial charge is 0.246 e. The molecule has 184 valence electrons. The first-order valence-corrected chi connectivity index (χ1v) is 13.1. The fourth-order valence-corrected chi connectivity index (χ4v) is 6.37. The molecule has 7 nitrogen and oxygen atoms in total. The lowest BCUT2D eigenvalue weighted by Crippen LogP contribution is -2.53. The SMILES string of the molecule is CN1CCN(C(=O)C[C@@]2(COc3ccccc3)CCCN(S(=O)(=O)c3ccccc3F)C2)CC1. The number of piperidine rings is 1. The number of carbonyl (C=O) groups is 1. The molecule has 0 aliphatic carbocycles. The van der Waals surface area contributed by atoms with E-state index in [1.807, 2.05) is 42.3 Å². The molecule has 2 aromatic carbocycles. The van der Waals surface area contributed by atoms with E-state index in [0.717, 1.165) is 19.2 Å². The molecule has 2 aliphatic heterocycles. The Balaban J connectivity index is 1.57. The summed E-state index contributed by atoms with van der Waals surface area (Å²) in [7, 11) is -2.01. The molecule has 2 fully saturated rings. The molecule has 0 radical (unpaired) electrons. The van der Waals surface area contributed by atoms with Crippen molar-refractivity contribution in [2.24, 2.45) is 5.41 Å². The lowest BCUT2D eigenvalue weighted by molar-refractivity contribution is -0.136. The maximum atomic E-state index is 14.4. The van der Waals surface area contributed by atoms with Gasteiger partial charge >= 0.3 is 0 Å². The van der Waals surface area contributed by atoms with E-state index in [-0.39, 0.29) is 36.9 Å². The van der Waals surface area contributed by atoms with Gasteiger partial charge in [-0.15, -0.1) is 0 Å². The third kappa shape index (κ3) is 5.59. The van der Waals surface area contributed by atoms with Gasteiger partial charge in [-0.2, -0.15) is 4.31 Å². The molecule has 2 heterocycles. The van der Waals surface area contributed by atoms with Crippen LogP contribution in [0.25, 0.3) is 0 Å². The second-order valence-electron chi connectivity index (χ2n) is 9.34. The Morgan fingerprint density at radius 2 is 1.68 bits per heavy atom. The number of carbonyl (C=O) groups excluding carboxylic acids is 1. The van der Waals surface area contributed by atoms with Gasteiger partial charge in [-0.05, 0) is 44.2 Å². The molecule has 2 saturated heterocycles. The van der Waals surface area contributed by atoms with Crippen molar-refractivity contribution in [1.29, 1.82) is 0 Å². The van der Waals surface area contributed by atoms with Crippen LogP contribution in [0.1, 0.15) is 19.3 Å². The first kappa shape index (κ1) is 24.6. The van der Waals surface area contributed by atoms with Gasteiger partial charge in [-0.25, -0.2) is 12.8 Å². The Labute approximate surface area is 201 Å². The van der Waals surface area contributed by atoms with Crippen LogP contribution in [-0.4, -0.2) is 81.4 Å². The molecule has 1 atom stereocenters. The Bertz CT molecular complexity index is 1090. The van der Waals surface area contributed by atoms with Crippen molar-refractivity contribution >= 4 is 15.9 Å². The summed E-state index contributed by atoms with van der Waals surface area (Å²) >= 11 is 0. The topological polar surface area (TPSA) is 70.2 Å². The highest BCUT2D eigenvalue weighted by atomic mass is 32.2. The molecule has 2 aromatic rings. The highest BCUT2D eigenvalue weighted by Crippen LogP contribution is 2.37. The summed E-state index contributed by atoms with van der Waals surface area (Å²) in [5.41, 5.74) is -0.702. The van der Waals surface area contributed by atoms with Crippen LogP contribution in [0.4, 0.5) is 4.39 Å². The number of ether oxygens (including phenoxy) is 1. The molecular formula is C25H32FN3O4S. The number of rotatable bonds is 7. The minimum absolute atomic E-state index is 0.00917. The van der Waals surface area contributed by atoms with E-state index in [0.29, 0.717) is 31.7 Å². The van der Waals surface area contributed by atoms with E-state index in [9.17, 15) is 17.6 Å². The van der Waals surface area contributed by atoms with Crippen molar-refractivity contribution in [3.8, 4) is 5.75 Å². The Morgan fingerprint density at radius 1 is 1.00 bits per heavy atom. The largest absolute Gasteiger partial charge is 0.493 e. The second-order valence-corrected chi connectivity index (χ2v) is 11.2. The van der Waals surface area contributed by atoms with Crippen molar-refractivity contribution in [3.63, 3.8) is 0 Å². The fraction of sp³-hybridized carbons (Fsp3) is 0.480. The normalized spacial score (nSPS) is 22.5. The van der Waals surface area contributed by atoms with Gasteiger partial charge in [0.25, 0.3) is 0 Å². The molecule has 0 spiro atoms. The average Bonchev–Trinajstić information content (AvgIpc) is 2.84. The summed E-state index contributed by atoms with van der Waals surface area (Å²) < 4.78 is 48.5. The van der Waals surface area contributed by atoms with Crippen LogP contribution >= 0.6 is 0 Å². The zero-order valence-electron chi connectivity index (χ0n) is 19.5. The van der Waals surface area contributed by atoms with Crippen molar-refractivity contribution in [2.45, 2.75) is 24.2 Å². The van der Waals surface area contributed by atoms with Crippen molar-refractivity contribution in [1.82, 2.24) is 14.1 Å². The van der Waals surface area contributed by atoms with Gasteiger partial charge in [0, 0.05) is 51.1 Å². The van der Waals surface area contributed by atoms with E-state index in [1.165, 1.54) is 22.5 Å². The van der Waals surface area contributed by atoms with Crippen molar-refractivity contribution in [2.75, 3.05) is 52.9 Å². The van der Waals surface area contributed by atoms with Crippen LogP contribution in [-0.2, 0) is 14.8 Å². The molecule has 0 saturated carbocycles. The quantitative estimate of drug-likeness (QED) is 0.598. The lowest BCUT2D eigenvalue weighted by atomic mass is 9.78. The van der Waals surface area contributed by atoms with Gasteiger partial charge < -0.3 is 14.5 Å². The number of hydrogen-bond donors (Lipinski definition) is 0. The van der Waals surface area contributed by atoms with E-state index in [1.54, 1.807) is 0 Å². The number of amides is 1. The Hall–Kier alpha value is -2.49. The first-order valence-electron chi connectivity index (χ1n) is 11.7. The predicted molar refractivity (Wildman–Crippen MR) is 127 cm³/mol. The molecule has 2 aliphatic rings. The fourth-order valence-electron chi connectivity index (χ4n) is 4.72. The summed E-state index contributed by atoms with van der Waals surface area (Å²) in [4.78, 5) is 17.0. The number of hydrogen-bond acceptors (Lipinski definition) is 5. The third-order valence-corrected chi connectivity index (χ3v) is 8.63. The third-order valence-electron chi connectivity index (χ3n) is 6.75. The van der Waals surface area contributed by atoms with Gasteiger partial charge in [-0.3, -0.25) is 4.79 Å². The minimum atomic E-state index is -4.04. The average molecular weight is 490 g/mol. The maximum Gasteiger partial charge on any atom is 0.246 e. The van der Waals surface area contributed by atoms with E-state index in [2.05, 4.69) is 4.90 Å². The number of sulfonamides is 1. The zero-order chi connectivity index (χ0) is 24.2. The summed E-state index contributed by atoms with van der Waals surface area (Å²) in [5.74, 6) is -0.0920. The Kier molecular flexibility index (Phi) is 7.54. The molecule has 4 rings (SSSR count). The van der Waals surface area contributed by atoms with Crippen LogP contribution in [0.5, 0.6) is 5.75 Å². The first-order chi connectivity index (χ1) is 16.3. The summed E-state index contributed by atoms with van der Waals surface area (Å²) in [6.07, 6.45) is 1.41. The van der Waals surface area contributed by atoms with Crippen LogP contribution < -0.4 is 4.74 Å². The maximum absolute atomic E-state index is 14.4. The van der Waals surface area contributed by atoms with E-state index in [4.69, 9.17) is 4.74 Å². The van der Waals surface area contributed by atoms with E-state index < -0.39 is 21.3 Å². The van der Waals surface area contributed by atoms with Gasteiger partial charge in [0.05, 0.1) is 6.61 Å².